The predicted octanol–water partition coefficient (Wildman–Crippen LogP) is 0.0647. The van der Waals surface area contributed by atoms with Crippen molar-refractivity contribution in [3.05, 3.63) is 50.4 Å². The van der Waals surface area contributed by atoms with Crippen LogP contribution in [0.15, 0.2) is 33.5 Å². The van der Waals surface area contributed by atoms with Crippen molar-refractivity contribution < 1.29 is 19.2 Å². The molecule has 0 aliphatic rings. The maximum atomic E-state index is 11.2. The quantitative estimate of drug-likeness (QED) is 0.412. The fraction of sp³-hybridized carbons (Fsp3) is 0. The third-order valence-electron chi connectivity index (χ3n) is 2.15. The Morgan fingerprint density at radius 3 is 2.59 bits per heavy atom. The van der Waals surface area contributed by atoms with Crippen LogP contribution in [0.5, 0.6) is 0 Å². The molecule has 86 valence electrons. The highest BCUT2D eigenvalue weighted by atomic mass is 16.6. The summed E-state index contributed by atoms with van der Waals surface area (Å²) >= 11 is 0. The third kappa shape index (κ3) is 1.85. The molecule has 0 fully saturated rings. The number of nitrogens with zero attached hydrogens (tertiary/aromatic N) is 1. The topological polar surface area (TPSA) is 113 Å². The summed E-state index contributed by atoms with van der Waals surface area (Å²) in [6.07, 6.45) is 0. The van der Waals surface area contributed by atoms with Crippen molar-refractivity contribution in [2.75, 3.05) is 0 Å². The summed E-state index contributed by atoms with van der Waals surface area (Å²) in [5, 5.41) is 21.2. The van der Waals surface area contributed by atoms with Gasteiger partial charge in [0.05, 0.1) is 16.5 Å². The van der Waals surface area contributed by atoms with Crippen molar-refractivity contribution in [1.82, 2.24) is 0 Å². The molecule has 0 spiro atoms. The molecule has 0 atom stereocenters. The van der Waals surface area contributed by atoms with Gasteiger partial charge in [-0.3, -0.25) is 10.1 Å². The molecule has 2 aromatic rings. The van der Waals surface area contributed by atoms with Crippen LogP contribution in [-0.4, -0.2) is 10.9 Å². The van der Waals surface area contributed by atoms with Gasteiger partial charge >= 0.3 is 5.63 Å². The molecule has 1 aromatic heterocycles. The van der Waals surface area contributed by atoms with Crippen molar-refractivity contribution in [1.29, 1.82) is 0 Å². The van der Waals surface area contributed by atoms with Gasteiger partial charge < -0.3 is 14.3 Å². The lowest BCUT2D eigenvalue weighted by molar-refractivity contribution is -0.384. The average molecular weight is 234 g/mol. The maximum absolute atomic E-state index is 11.2. The normalized spacial score (nSPS) is 10.4. The molecule has 1 heterocycles. The molecule has 2 rings (SSSR count). The number of benzene rings is 1. The Morgan fingerprint density at radius 1 is 1.29 bits per heavy atom. The Hall–Kier alpha value is -2.70. The first-order chi connectivity index (χ1) is 7.99. The minimum Gasteiger partial charge on any atom is -0.545 e. The van der Waals surface area contributed by atoms with E-state index in [1.165, 1.54) is 6.07 Å². The molecule has 0 radical (unpaired) electrons. The van der Waals surface area contributed by atoms with E-state index in [0.717, 1.165) is 18.2 Å². The smallest absolute Gasteiger partial charge is 0.345 e. The fourth-order valence-electron chi connectivity index (χ4n) is 1.37. The number of non-ortho nitro benzene ring substituents is 1. The van der Waals surface area contributed by atoms with E-state index in [4.69, 9.17) is 0 Å². The van der Waals surface area contributed by atoms with Gasteiger partial charge in [-0.1, -0.05) is 0 Å². The summed E-state index contributed by atoms with van der Waals surface area (Å²) in [7, 11) is 0. The Labute approximate surface area is 93.1 Å². The average Bonchev–Trinajstić information content (AvgIpc) is 2.27. The van der Waals surface area contributed by atoms with Crippen LogP contribution >= 0.6 is 0 Å². The van der Waals surface area contributed by atoms with Crippen LogP contribution < -0.4 is 10.7 Å². The van der Waals surface area contributed by atoms with Crippen LogP contribution in [0.2, 0.25) is 0 Å². The number of nitro benzene ring substituents is 1. The van der Waals surface area contributed by atoms with E-state index in [0.29, 0.717) is 0 Å². The summed E-state index contributed by atoms with van der Waals surface area (Å²) < 4.78 is 4.69. The molecule has 7 heteroatoms. The monoisotopic (exact) mass is 234 g/mol. The molecular weight excluding hydrogens is 230 g/mol. The van der Waals surface area contributed by atoms with Crippen LogP contribution in [0.1, 0.15) is 10.4 Å². The number of nitro groups is 1. The Balaban J connectivity index is 2.77. The lowest BCUT2D eigenvalue weighted by Gasteiger charge is -2.02. The molecule has 0 amide bonds. The molecule has 0 unspecified atom stereocenters. The van der Waals surface area contributed by atoms with Gasteiger partial charge in [0.2, 0.25) is 0 Å². The number of carbonyl (C=O) groups excluding carboxylic acids is 1. The zero-order valence-electron chi connectivity index (χ0n) is 8.21. The van der Waals surface area contributed by atoms with Crippen molar-refractivity contribution >= 4 is 22.6 Å². The number of carboxylic acid groups (broad SMARTS) is 1. The van der Waals surface area contributed by atoms with Gasteiger partial charge in [-0.2, -0.15) is 0 Å². The van der Waals surface area contributed by atoms with Gasteiger partial charge in [0.15, 0.2) is 0 Å². The predicted molar refractivity (Wildman–Crippen MR) is 53.5 cm³/mol. The SMILES string of the molecule is O=C([O-])c1cc2cc([N+](=O)[O-])ccc2oc1=O. The number of hydrogen-bond acceptors (Lipinski definition) is 6. The molecular formula is C10H4NO6-. The van der Waals surface area contributed by atoms with Gasteiger partial charge in [0.1, 0.15) is 5.58 Å². The largest absolute Gasteiger partial charge is 0.545 e. The minimum absolute atomic E-state index is 0.0746. The van der Waals surface area contributed by atoms with Gasteiger partial charge in [-0.15, -0.1) is 0 Å². The van der Waals surface area contributed by atoms with Crippen LogP contribution in [0.25, 0.3) is 11.0 Å². The van der Waals surface area contributed by atoms with E-state index in [-0.39, 0.29) is 16.7 Å². The Kier molecular flexibility index (Phi) is 2.36. The second kappa shape index (κ2) is 3.71. The summed E-state index contributed by atoms with van der Waals surface area (Å²) in [6, 6.07) is 4.49. The zero-order valence-corrected chi connectivity index (χ0v) is 8.21. The van der Waals surface area contributed by atoms with E-state index in [1.807, 2.05) is 0 Å². The molecule has 0 aliphatic carbocycles. The fourth-order valence-corrected chi connectivity index (χ4v) is 1.37. The summed E-state index contributed by atoms with van der Waals surface area (Å²) in [5.74, 6) is -1.69. The Bertz CT molecular complexity index is 687. The second-order valence-electron chi connectivity index (χ2n) is 3.21. The number of hydrogen-bond donors (Lipinski definition) is 0. The number of fused-ring (bicyclic) bond motifs is 1. The van der Waals surface area contributed by atoms with E-state index in [1.54, 1.807) is 0 Å². The number of carbonyl (C=O) groups is 1. The standard InChI is InChI=1S/C10H5NO6/c12-9(13)7-4-5-3-6(11(15)16)1-2-8(5)17-10(7)14/h1-4H,(H,12,13)/p-1. The lowest BCUT2D eigenvalue weighted by Crippen LogP contribution is -2.28. The first kappa shape index (κ1) is 10.8. The summed E-state index contributed by atoms with van der Waals surface area (Å²) in [6.45, 7) is 0. The van der Waals surface area contributed by atoms with E-state index >= 15 is 0 Å². The molecule has 0 N–H and O–H groups in total. The van der Waals surface area contributed by atoms with Gasteiger partial charge in [-0.25, -0.2) is 4.79 Å². The van der Waals surface area contributed by atoms with Crippen LogP contribution in [0.4, 0.5) is 5.69 Å². The number of aromatic carboxylic acids is 1. The highest BCUT2D eigenvalue weighted by Crippen LogP contribution is 2.20. The zero-order chi connectivity index (χ0) is 12.6. The molecule has 7 nitrogen and oxygen atoms in total. The molecule has 1 aromatic carbocycles. The van der Waals surface area contributed by atoms with Crippen molar-refractivity contribution in [2.24, 2.45) is 0 Å². The summed E-state index contributed by atoms with van der Waals surface area (Å²) in [5.41, 5.74) is -1.87. The highest BCUT2D eigenvalue weighted by Gasteiger charge is 2.10. The van der Waals surface area contributed by atoms with Crippen LogP contribution in [0, 0.1) is 10.1 Å². The Morgan fingerprint density at radius 2 is 2.00 bits per heavy atom. The van der Waals surface area contributed by atoms with Crippen molar-refractivity contribution in [3.8, 4) is 0 Å². The van der Waals surface area contributed by atoms with Crippen LogP contribution in [-0.2, 0) is 0 Å². The third-order valence-corrected chi connectivity index (χ3v) is 2.15. The first-order valence-corrected chi connectivity index (χ1v) is 4.42. The van der Waals surface area contributed by atoms with Gasteiger partial charge in [0, 0.05) is 17.5 Å². The van der Waals surface area contributed by atoms with E-state index < -0.39 is 22.1 Å². The molecule has 17 heavy (non-hydrogen) atoms. The molecule has 0 saturated carbocycles. The number of carboxylic acids is 1. The first-order valence-electron chi connectivity index (χ1n) is 4.42. The highest BCUT2D eigenvalue weighted by molar-refractivity contribution is 5.90. The van der Waals surface area contributed by atoms with Crippen molar-refractivity contribution in [2.45, 2.75) is 0 Å². The van der Waals surface area contributed by atoms with Gasteiger partial charge in [-0.05, 0) is 12.1 Å². The summed E-state index contributed by atoms with van der Waals surface area (Å²) in [4.78, 5) is 31.6. The second-order valence-corrected chi connectivity index (χ2v) is 3.21. The maximum Gasteiger partial charge on any atom is 0.345 e. The minimum atomic E-state index is -1.69. The molecule has 0 aliphatic heterocycles. The van der Waals surface area contributed by atoms with Crippen LogP contribution in [0.3, 0.4) is 0 Å². The molecule has 0 bridgehead atoms. The lowest BCUT2D eigenvalue weighted by atomic mass is 10.1. The van der Waals surface area contributed by atoms with E-state index in [9.17, 15) is 24.8 Å². The number of rotatable bonds is 2. The van der Waals surface area contributed by atoms with Crippen molar-refractivity contribution in [3.63, 3.8) is 0 Å². The van der Waals surface area contributed by atoms with E-state index in [2.05, 4.69) is 4.42 Å². The molecule has 0 saturated heterocycles. The van der Waals surface area contributed by atoms with Gasteiger partial charge in [0.25, 0.3) is 5.69 Å².